The smallest absolute Gasteiger partial charge is 0.369 e. The summed E-state index contributed by atoms with van der Waals surface area (Å²) in [6, 6.07) is 5.03. The average molecular weight is 353 g/mol. The molecule has 1 aromatic heterocycles. The van der Waals surface area contributed by atoms with Gasteiger partial charge in [-0.15, -0.1) is 0 Å². The maximum Gasteiger partial charge on any atom is 0.416 e. The fourth-order valence-electron chi connectivity index (χ4n) is 3.15. The SMILES string of the molecule is Cc1nc([C@@H]2CN(Cc3ccc(C(F)(F)F)cc3)C[C@H]2C(N)=O)n[nH]1. The minimum atomic E-state index is -4.35. The Morgan fingerprint density at radius 2 is 2.00 bits per heavy atom. The van der Waals surface area contributed by atoms with Crippen molar-refractivity contribution < 1.29 is 18.0 Å². The molecule has 1 amide bonds. The number of nitrogens with two attached hydrogens (primary N) is 1. The first-order valence-corrected chi connectivity index (χ1v) is 7.80. The van der Waals surface area contributed by atoms with Gasteiger partial charge in [0.15, 0.2) is 5.82 Å². The lowest BCUT2D eigenvalue weighted by atomic mass is 9.95. The predicted molar refractivity (Wildman–Crippen MR) is 83.3 cm³/mol. The predicted octanol–water partition coefficient (Wildman–Crippen LogP) is 1.83. The van der Waals surface area contributed by atoms with E-state index < -0.39 is 23.6 Å². The van der Waals surface area contributed by atoms with Crippen LogP contribution in [-0.4, -0.2) is 39.1 Å². The number of carbonyl (C=O) groups is 1. The van der Waals surface area contributed by atoms with Gasteiger partial charge in [0.05, 0.1) is 11.5 Å². The molecule has 0 radical (unpaired) electrons. The van der Waals surface area contributed by atoms with E-state index in [2.05, 4.69) is 15.2 Å². The monoisotopic (exact) mass is 353 g/mol. The topological polar surface area (TPSA) is 87.9 Å². The quantitative estimate of drug-likeness (QED) is 0.878. The average Bonchev–Trinajstić information content (AvgIpc) is 3.13. The minimum Gasteiger partial charge on any atom is -0.369 e. The molecule has 2 aromatic rings. The molecule has 2 atom stereocenters. The Morgan fingerprint density at radius 3 is 2.52 bits per heavy atom. The molecule has 1 aliphatic heterocycles. The van der Waals surface area contributed by atoms with Crippen LogP contribution in [0.15, 0.2) is 24.3 Å². The van der Waals surface area contributed by atoms with Gasteiger partial charge in [-0.05, 0) is 24.6 Å². The minimum absolute atomic E-state index is 0.225. The molecule has 0 unspecified atom stereocenters. The van der Waals surface area contributed by atoms with Crippen LogP contribution in [0.3, 0.4) is 0 Å². The maximum absolute atomic E-state index is 12.6. The van der Waals surface area contributed by atoms with Gasteiger partial charge in [-0.2, -0.15) is 18.3 Å². The number of nitrogens with one attached hydrogen (secondary N) is 1. The number of primary amides is 1. The van der Waals surface area contributed by atoms with E-state index in [4.69, 9.17) is 5.73 Å². The number of hydrogen-bond acceptors (Lipinski definition) is 4. The van der Waals surface area contributed by atoms with E-state index in [-0.39, 0.29) is 5.92 Å². The van der Waals surface area contributed by atoms with Crippen LogP contribution >= 0.6 is 0 Å². The van der Waals surface area contributed by atoms with Crippen LogP contribution in [0.1, 0.15) is 28.7 Å². The maximum atomic E-state index is 12.6. The van der Waals surface area contributed by atoms with Crippen molar-refractivity contribution in [2.75, 3.05) is 13.1 Å². The first-order valence-electron chi connectivity index (χ1n) is 7.80. The molecule has 0 spiro atoms. The number of benzene rings is 1. The van der Waals surface area contributed by atoms with Crippen LogP contribution in [0.25, 0.3) is 0 Å². The van der Waals surface area contributed by atoms with Crippen LogP contribution in [-0.2, 0) is 17.5 Å². The Labute approximate surface area is 142 Å². The fraction of sp³-hybridized carbons (Fsp3) is 0.438. The van der Waals surface area contributed by atoms with Crippen molar-refractivity contribution in [3.05, 3.63) is 47.0 Å². The number of carbonyl (C=O) groups excluding carboxylic acids is 1. The van der Waals surface area contributed by atoms with Crippen molar-refractivity contribution in [1.82, 2.24) is 20.1 Å². The lowest BCUT2D eigenvalue weighted by Crippen LogP contribution is -2.29. The van der Waals surface area contributed by atoms with E-state index in [1.165, 1.54) is 12.1 Å². The first kappa shape index (κ1) is 17.4. The summed E-state index contributed by atoms with van der Waals surface area (Å²) in [6.07, 6.45) is -4.35. The summed E-state index contributed by atoms with van der Waals surface area (Å²) in [5.74, 6) is 0.111. The summed E-state index contributed by atoms with van der Waals surface area (Å²) in [6.45, 7) is 3.15. The highest BCUT2D eigenvalue weighted by Crippen LogP contribution is 2.32. The molecule has 25 heavy (non-hydrogen) atoms. The van der Waals surface area contributed by atoms with Crippen molar-refractivity contribution in [2.24, 2.45) is 11.7 Å². The van der Waals surface area contributed by atoms with Gasteiger partial charge >= 0.3 is 6.18 Å². The zero-order valence-corrected chi connectivity index (χ0v) is 13.5. The Kier molecular flexibility index (Phi) is 4.51. The first-order chi connectivity index (χ1) is 11.7. The van der Waals surface area contributed by atoms with Gasteiger partial charge in [0, 0.05) is 25.6 Å². The van der Waals surface area contributed by atoms with E-state index in [1.807, 2.05) is 4.90 Å². The number of hydrogen-bond donors (Lipinski definition) is 2. The van der Waals surface area contributed by atoms with E-state index >= 15 is 0 Å². The Bertz CT molecular complexity index is 756. The van der Waals surface area contributed by atoms with E-state index in [0.29, 0.717) is 31.3 Å². The van der Waals surface area contributed by atoms with Gasteiger partial charge in [-0.1, -0.05) is 12.1 Å². The summed E-state index contributed by atoms with van der Waals surface area (Å²) >= 11 is 0. The summed E-state index contributed by atoms with van der Waals surface area (Å²) in [7, 11) is 0. The number of alkyl halides is 3. The van der Waals surface area contributed by atoms with E-state index in [1.54, 1.807) is 6.92 Å². The summed E-state index contributed by atoms with van der Waals surface area (Å²) in [5, 5.41) is 6.87. The second-order valence-electron chi connectivity index (χ2n) is 6.28. The highest BCUT2D eigenvalue weighted by molar-refractivity contribution is 5.78. The molecule has 1 aliphatic rings. The molecule has 0 bridgehead atoms. The molecule has 1 aromatic carbocycles. The zero-order chi connectivity index (χ0) is 18.2. The number of halogens is 3. The van der Waals surface area contributed by atoms with Crippen LogP contribution in [0, 0.1) is 12.8 Å². The Hall–Kier alpha value is -2.42. The van der Waals surface area contributed by atoms with Gasteiger partial charge in [0.1, 0.15) is 5.82 Å². The lowest BCUT2D eigenvalue weighted by molar-refractivity contribution is -0.137. The van der Waals surface area contributed by atoms with E-state index in [9.17, 15) is 18.0 Å². The van der Waals surface area contributed by atoms with Crippen molar-refractivity contribution in [1.29, 1.82) is 0 Å². The number of aromatic nitrogens is 3. The second kappa shape index (κ2) is 6.47. The highest BCUT2D eigenvalue weighted by atomic mass is 19.4. The molecule has 1 saturated heterocycles. The molecule has 6 nitrogen and oxygen atoms in total. The van der Waals surface area contributed by atoms with Crippen molar-refractivity contribution in [3.8, 4) is 0 Å². The molecule has 1 fully saturated rings. The molecular formula is C16H18F3N5O. The zero-order valence-electron chi connectivity index (χ0n) is 13.5. The number of rotatable bonds is 4. The number of aryl methyl sites for hydroxylation is 1. The van der Waals surface area contributed by atoms with Crippen LogP contribution in [0.5, 0.6) is 0 Å². The summed E-state index contributed by atoms with van der Waals surface area (Å²) in [4.78, 5) is 18.0. The molecule has 2 heterocycles. The van der Waals surface area contributed by atoms with Gasteiger partial charge in [0.25, 0.3) is 0 Å². The van der Waals surface area contributed by atoms with Crippen LogP contribution < -0.4 is 5.73 Å². The molecular weight excluding hydrogens is 335 g/mol. The van der Waals surface area contributed by atoms with Gasteiger partial charge in [0.2, 0.25) is 5.91 Å². The number of H-pyrrole nitrogens is 1. The third-order valence-corrected chi connectivity index (χ3v) is 4.39. The van der Waals surface area contributed by atoms with Crippen molar-refractivity contribution in [2.45, 2.75) is 25.6 Å². The molecule has 9 heteroatoms. The standard InChI is InChI=1S/C16H18F3N5O/c1-9-21-15(23-22-9)13-8-24(7-12(13)14(20)25)6-10-2-4-11(5-3-10)16(17,18)19/h2-5,12-13H,6-8H2,1H3,(H2,20,25)(H,21,22,23)/t12-,13-/m1/s1. The number of likely N-dealkylation sites (tertiary alicyclic amines) is 1. The molecule has 134 valence electrons. The summed E-state index contributed by atoms with van der Waals surface area (Å²) in [5.41, 5.74) is 5.56. The number of nitrogens with zero attached hydrogens (tertiary/aromatic N) is 3. The molecule has 3 rings (SSSR count). The molecule has 0 saturated carbocycles. The Morgan fingerprint density at radius 1 is 1.32 bits per heavy atom. The number of amides is 1. The third-order valence-electron chi connectivity index (χ3n) is 4.39. The Balaban J connectivity index is 1.72. The van der Waals surface area contributed by atoms with Gasteiger partial charge in [-0.25, -0.2) is 4.98 Å². The van der Waals surface area contributed by atoms with Gasteiger partial charge in [-0.3, -0.25) is 14.8 Å². The molecule has 3 N–H and O–H groups in total. The van der Waals surface area contributed by atoms with Crippen LogP contribution in [0.4, 0.5) is 13.2 Å². The van der Waals surface area contributed by atoms with Crippen molar-refractivity contribution >= 4 is 5.91 Å². The second-order valence-corrected chi connectivity index (χ2v) is 6.28. The lowest BCUT2D eigenvalue weighted by Gasteiger charge is -2.16. The van der Waals surface area contributed by atoms with Gasteiger partial charge < -0.3 is 5.73 Å². The van der Waals surface area contributed by atoms with Crippen LogP contribution in [0.2, 0.25) is 0 Å². The van der Waals surface area contributed by atoms with E-state index in [0.717, 1.165) is 17.7 Å². The van der Waals surface area contributed by atoms with Crippen molar-refractivity contribution in [3.63, 3.8) is 0 Å². The normalized spacial score (nSPS) is 21.6. The molecule has 0 aliphatic carbocycles. The highest BCUT2D eigenvalue weighted by Gasteiger charge is 2.39. The largest absolute Gasteiger partial charge is 0.416 e. The summed E-state index contributed by atoms with van der Waals surface area (Å²) < 4.78 is 37.9. The third kappa shape index (κ3) is 3.81. The fourth-order valence-corrected chi connectivity index (χ4v) is 3.15. The number of aromatic amines is 1.